The largest absolute Gasteiger partial charge is 0.338 e. The molecule has 1 aliphatic heterocycles. The van der Waals surface area contributed by atoms with E-state index >= 15 is 0 Å². The van der Waals surface area contributed by atoms with E-state index in [1.54, 1.807) is 0 Å². The van der Waals surface area contributed by atoms with Crippen LogP contribution in [0.3, 0.4) is 0 Å². The zero-order chi connectivity index (χ0) is 16.1. The number of hydrogen-bond acceptors (Lipinski definition) is 4. The van der Waals surface area contributed by atoms with Gasteiger partial charge in [0, 0.05) is 44.1 Å². The summed E-state index contributed by atoms with van der Waals surface area (Å²) >= 11 is 0. The van der Waals surface area contributed by atoms with Gasteiger partial charge in [-0.05, 0) is 37.7 Å². The molecule has 1 aliphatic carbocycles. The van der Waals surface area contributed by atoms with E-state index in [2.05, 4.69) is 29.8 Å². The lowest BCUT2D eigenvalue weighted by atomic mass is 9.91. The highest BCUT2D eigenvalue weighted by atomic mass is 15.3. The fourth-order valence-electron chi connectivity index (χ4n) is 3.66. The van der Waals surface area contributed by atoms with Crippen LogP contribution < -0.4 is 4.90 Å². The molecule has 3 rings (SSSR count). The summed E-state index contributed by atoms with van der Waals surface area (Å²) in [5.41, 5.74) is 2.65. The quantitative estimate of drug-likeness (QED) is 0.771. The minimum atomic E-state index is 0.866. The number of piperazine rings is 1. The molecular formula is C19H32N4. The van der Waals surface area contributed by atoms with Crippen LogP contribution >= 0.6 is 0 Å². The summed E-state index contributed by atoms with van der Waals surface area (Å²) in [5.74, 6) is 0.962. The first-order valence-corrected chi connectivity index (χ1v) is 9.65. The average Bonchev–Trinajstić information content (AvgIpc) is 2.53. The lowest BCUT2D eigenvalue weighted by Gasteiger charge is -2.43. The van der Waals surface area contributed by atoms with E-state index in [0.717, 1.165) is 37.9 Å². The van der Waals surface area contributed by atoms with Crippen molar-refractivity contribution in [1.82, 2.24) is 14.9 Å². The number of aromatic nitrogens is 2. The van der Waals surface area contributed by atoms with E-state index in [9.17, 15) is 0 Å². The molecule has 0 N–H and O–H groups in total. The van der Waals surface area contributed by atoms with Crippen LogP contribution in [-0.2, 0) is 12.8 Å². The zero-order valence-corrected chi connectivity index (χ0v) is 14.9. The predicted molar refractivity (Wildman–Crippen MR) is 96.1 cm³/mol. The van der Waals surface area contributed by atoms with E-state index in [1.165, 1.54) is 62.9 Å². The molecule has 0 aromatic carbocycles. The Bertz CT molecular complexity index is 490. The van der Waals surface area contributed by atoms with Crippen molar-refractivity contribution in [2.45, 2.75) is 71.3 Å². The summed E-state index contributed by atoms with van der Waals surface area (Å²) in [6.07, 6.45) is 12.2. The van der Waals surface area contributed by atoms with Crippen LogP contribution in [0.15, 0.2) is 6.20 Å². The molecular weight excluding hydrogens is 284 g/mol. The smallest absolute Gasteiger partial charge is 0.225 e. The highest BCUT2D eigenvalue weighted by Crippen LogP contribution is 2.26. The van der Waals surface area contributed by atoms with Gasteiger partial charge in [0.2, 0.25) is 5.95 Å². The van der Waals surface area contributed by atoms with Gasteiger partial charge in [-0.15, -0.1) is 0 Å². The number of rotatable bonds is 7. The number of anilines is 1. The van der Waals surface area contributed by atoms with E-state index in [1.807, 2.05) is 0 Å². The van der Waals surface area contributed by atoms with Crippen LogP contribution in [0, 0.1) is 0 Å². The van der Waals surface area contributed by atoms with Crippen molar-refractivity contribution in [2.75, 3.05) is 31.1 Å². The van der Waals surface area contributed by atoms with Gasteiger partial charge < -0.3 is 4.90 Å². The summed E-state index contributed by atoms with van der Waals surface area (Å²) < 4.78 is 0. The third-order valence-corrected chi connectivity index (χ3v) is 5.42. The Kier molecular flexibility index (Phi) is 5.87. The lowest BCUT2D eigenvalue weighted by Crippen LogP contribution is -2.52. The highest BCUT2D eigenvalue weighted by molar-refractivity contribution is 5.34. The van der Waals surface area contributed by atoms with Crippen molar-refractivity contribution in [3.8, 4) is 0 Å². The lowest BCUT2D eigenvalue weighted by molar-refractivity contribution is 0.120. The van der Waals surface area contributed by atoms with Crippen molar-refractivity contribution in [3.63, 3.8) is 0 Å². The third-order valence-electron chi connectivity index (χ3n) is 5.42. The monoisotopic (exact) mass is 316 g/mol. The molecule has 0 spiro atoms. The second kappa shape index (κ2) is 8.09. The van der Waals surface area contributed by atoms with Gasteiger partial charge in [-0.25, -0.2) is 9.97 Å². The van der Waals surface area contributed by atoms with Crippen molar-refractivity contribution >= 4 is 5.95 Å². The molecule has 4 nitrogen and oxygen atoms in total. The van der Waals surface area contributed by atoms with Crippen LogP contribution in [-0.4, -0.2) is 47.1 Å². The molecule has 1 saturated carbocycles. The van der Waals surface area contributed by atoms with Crippen LogP contribution in [0.2, 0.25) is 0 Å². The molecule has 0 amide bonds. The van der Waals surface area contributed by atoms with E-state index in [4.69, 9.17) is 9.97 Å². The van der Waals surface area contributed by atoms with Gasteiger partial charge in [-0.3, -0.25) is 4.90 Å². The summed E-state index contributed by atoms with van der Waals surface area (Å²) in [5, 5.41) is 0. The van der Waals surface area contributed by atoms with Crippen molar-refractivity contribution < 1.29 is 0 Å². The van der Waals surface area contributed by atoms with Crippen LogP contribution in [0.25, 0.3) is 0 Å². The third kappa shape index (κ3) is 4.03. The van der Waals surface area contributed by atoms with Gasteiger partial charge in [-0.2, -0.15) is 0 Å². The van der Waals surface area contributed by atoms with E-state index < -0.39 is 0 Å². The second-order valence-corrected chi connectivity index (χ2v) is 7.10. The summed E-state index contributed by atoms with van der Waals surface area (Å²) in [7, 11) is 0. The minimum absolute atomic E-state index is 0.866. The molecule has 2 heterocycles. The molecule has 2 fully saturated rings. The molecule has 0 bridgehead atoms. The first kappa shape index (κ1) is 16.7. The first-order chi connectivity index (χ1) is 11.3. The normalized spacial score (nSPS) is 19.8. The maximum Gasteiger partial charge on any atom is 0.225 e. The standard InChI is InChI=1S/C19H32N4/c1-3-5-10-18-16(7-4-2)15-20-19(21-18)23-13-11-22(12-14-23)17-8-6-9-17/h15,17H,3-14H2,1-2H3. The van der Waals surface area contributed by atoms with Gasteiger partial charge in [-0.1, -0.05) is 33.1 Å². The molecule has 23 heavy (non-hydrogen) atoms. The van der Waals surface area contributed by atoms with Crippen molar-refractivity contribution in [3.05, 3.63) is 17.5 Å². The Hall–Kier alpha value is -1.16. The Morgan fingerprint density at radius 2 is 1.83 bits per heavy atom. The average molecular weight is 316 g/mol. The maximum absolute atomic E-state index is 4.95. The SMILES string of the molecule is CCCCc1nc(N2CCN(C3CCC3)CC2)ncc1CCC. The van der Waals surface area contributed by atoms with Gasteiger partial charge in [0.1, 0.15) is 0 Å². The fourth-order valence-corrected chi connectivity index (χ4v) is 3.66. The summed E-state index contributed by atoms with van der Waals surface area (Å²) in [6.45, 7) is 9.00. The Labute approximate surface area is 141 Å². The maximum atomic E-state index is 4.95. The molecule has 128 valence electrons. The van der Waals surface area contributed by atoms with E-state index in [0.29, 0.717) is 0 Å². The number of hydrogen-bond donors (Lipinski definition) is 0. The van der Waals surface area contributed by atoms with Gasteiger partial charge in [0.15, 0.2) is 0 Å². The predicted octanol–water partition coefficient (Wildman–Crippen LogP) is 3.45. The fraction of sp³-hybridized carbons (Fsp3) is 0.789. The molecule has 1 saturated heterocycles. The molecule has 1 aromatic heterocycles. The molecule has 0 radical (unpaired) electrons. The molecule has 2 aliphatic rings. The summed E-state index contributed by atoms with van der Waals surface area (Å²) in [4.78, 5) is 14.7. The van der Waals surface area contributed by atoms with Crippen LogP contribution in [0.1, 0.15) is 63.6 Å². The Morgan fingerprint density at radius 1 is 1.04 bits per heavy atom. The molecule has 0 atom stereocenters. The number of nitrogens with zero attached hydrogens (tertiary/aromatic N) is 4. The first-order valence-electron chi connectivity index (χ1n) is 9.65. The van der Waals surface area contributed by atoms with Gasteiger partial charge in [0.05, 0.1) is 0 Å². The Balaban J connectivity index is 1.64. The van der Waals surface area contributed by atoms with Crippen molar-refractivity contribution in [1.29, 1.82) is 0 Å². The molecule has 1 aromatic rings. The van der Waals surface area contributed by atoms with Gasteiger partial charge >= 0.3 is 0 Å². The molecule has 4 heteroatoms. The van der Waals surface area contributed by atoms with Crippen LogP contribution in [0.5, 0.6) is 0 Å². The summed E-state index contributed by atoms with van der Waals surface area (Å²) in [6, 6.07) is 0.866. The minimum Gasteiger partial charge on any atom is -0.338 e. The second-order valence-electron chi connectivity index (χ2n) is 7.10. The molecule has 0 unspecified atom stereocenters. The Morgan fingerprint density at radius 3 is 2.43 bits per heavy atom. The topological polar surface area (TPSA) is 32.3 Å². The van der Waals surface area contributed by atoms with E-state index in [-0.39, 0.29) is 0 Å². The number of aryl methyl sites for hydroxylation is 2. The number of unbranched alkanes of at least 4 members (excludes halogenated alkanes) is 1. The van der Waals surface area contributed by atoms with Crippen LogP contribution in [0.4, 0.5) is 5.95 Å². The highest BCUT2D eigenvalue weighted by Gasteiger charge is 2.28. The van der Waals surface area contributed by atoms with Gasteiger partial charge in [0.25, 0.3) is 0 Å². The zero-order valence-electron chi connectivity index (χ0n) is 14.9. The van der Waals surface area contributed by atoms with Crippen molar-refractivity contribution in [2.24, 2.45) is 0 Å².